The van der Waals surface area contributed by atoms with Gasteiger partial charge in [0.1, 0.15) is 16.5 Å². The van der Waals surface area contributed by atoms with Gasteiger partial charge in [0.05, 0.1) is 0 Å². The lowest BCUT2D eigenvalue weighted by molar-refractivity contribution is 0.447. The Morgan fingerprint density at radius 3 is 2.32 bits per heavy atom. The fourth-order valence-corrected chi connectivity index (χ4v) is 5.53. The van der Waals surface area contributed by atoms with Gasteiger partial charge in [0.15, 0.2) is 0 Å². The van der Waals surface area contributed by atoms with E-state index in [-0.39, 0.29) is 16.7 Å². The molecule has 4 rings (SSSR count). The first-order chi connectivity index (χ1) is 11.9. The molecule has 2 atom stereocenters. The molecule has 2 saturated heterocycles. The zero-order valence-electron chi connectivity index (χ0n) is 13.3. The van der Waals surface area contributed by atoms with Crippen molar-refractivity contribution in [2.24, 2.45) is 11.8 Å². The van der Waals surface area contributed by atoms with Crippen molar-refractivity contribution in [3.8, 4) is 0 Å². The summed E-state index contributed by atoms with van der Waals surface area (Å²) in [5, 5.41) is 0. The van der Waals surface area contributed by atoms with Crippen molar-refractivity contribution in [3.05, 3.63) is 52.9 Å². The maximum Gasteiger partial charge on any atom is 0.246 e. The Bertz CT molecular complexity index is 877. The smallest absolute Gasteiger partial charge is 0.246 e. The van der Waals surface area contributed by atoms with Crippen LogP contribution in [0.5, 0.6) is 0 Å². The zero-order valence-corrected chi connectivity index (χ0v) is 15.7. The molecule has 1 aromatic heterocycles. The highest BCUT2D eigenvalue weighted by Gasteiger charge is 2.45. The number of anilines is 1. The molecule has 5 nitrogen and oxygen atoms in total. The van der Waals surface area contributed by atoms with Gasteiger partial charge in [-0.3, -0.25) is 0 Å². The quantitative estimate of drug-likeness (QED) is 0.758. The standard InChI is InChI=1S/C17H17BrFN3O2S/c18-14-5-6-17(20-7-14)21-8-12-10-22(11-13(12)9-21)25(23,24)16-4-2-1-3-15(16)19/h1-7,12-13H,8-11H2. The van der Waals surface area contributed by atoms with E-state index in [0.29, 0.717) is 13.1 Å². The highest BCUT2D eigenvalue weighted by atomic mass is 79.9. The second kappa shape index (κ2) is 6.34. The lowest BCUT2D eigenvalue weighted by Gasteiger charge is -2.22. The Hall–Kier alpha value is -1.51. The van der Waals surface area contributed by atoms with Crippen LogP contribution in [0.25, 0.3) is 0 Å². The largest absolute Gasteiger partial charge is 0.356 e. The summed E-state index contributed by atoms with van der Waals surface area (Å²) in [5.74, 6) is 0.695. The van der Waals surface area contributed by atoms with E-state index in [0.717, 1.165) is 23.4 Å². The lowest BCUT2D eigenvalue weighted by atomic mass is 10.0. The van der Waals surface area contributed by atoms with Gasteiger partial charge in [-0.05, 0) is 52.0 Å². The molecule has 2 aromatic rings. The molecule has 2 aliphatic rings. The lowest BCUT2D eigenvalue weighted by Crippen LogP contribution is -2.33. The molecule has 132 valence electrons. The summed E-state index contributed by atoms with van der Waals surface area (Å²) in [6, 6.07) is 9.47. The van der Waals surface area contributed by atoms with Crippen molar-refractivity contribution in [3.63, 3.8) is 0 Å². The van der Waals surface area contributed by atoms with Crippen molar-refractivity contribution in [1.82, 2.24) is 9.29 Å². The Morgan fingerprint density at radius 2 is 1.72 bits per heavy atom. The molecule has 0 radical (unpaired) electrons. The fourth-order valence-electron chi connectivity index (χ4n) is 3.68. The average Bonchev–Trinajstić information content (AvgIpc) is 3.15. The molecule has 25 heavy (non-hydrogen) atoms. The number of rotatable bonds is 3. The van der Waals surface area contributed by atoms with Crippen LogP contribution in [0.3, 0.4) is 0 Å². The first kappa shape index (κ1) is 16.9. The molecule has 0 amide bonds. The van der Waals surface area contributed by atoms with Crippen LogP contribution < -0.4 is 4.90 Å². The van der Waals surface area contributed by atoms with Gasteiger partial charge in [-0.2, -0.15) is 4.31 Å². The van der Waals surface area contributed by atoms with Crippen LogP contribution in [0.1, 0.15) is 0 Å². The maximum atomic E-state index is 13.9. The molecule has 1 aromatic carbocycles. The first-order valence-corrected chi connectivity index (χ1v) is 10.3. The number of aromatic nitrogens is 1. The Labute approximate surface area is 154 Å². The Morgan fingerprint density at radius 1 is 1.04 bits per heavy atom. The van der Waals surface area contributed by atoms with E-state index in [1.165, 1.54) is 22.5 Å². The molecule has 0 N–H and O–H groups in total. The SMILES string of the molecule is O=S(=O)(c1ccccc1F)N1CC2CN(c3ccc(Br)cn3)CC2C1. The molecule has 0 bridgehead atoms. The second-order valence-corrected chi connectivity index (χ2v) is 9.33. The zero-order chi connectivity index (χ0) is 17.6. The predicted molar refractivity (Wildman–Crippen MR) is 96.3 cm³/mol. The molecule has 2 unspecified atom stereocenters. The van der Waals surface area contributed by atoms with Crippen LogP contribution in [0, 0.1) is 17.7 Å². The second-order valence-electron chi connectivity index (χ2n) is 6.51. The van der Waals surface area contributed by atoms with Crippen molar-refractivity contribution in [1.29, 1.82) is 0 Å². The van der Waals surface area contributed by atoms with Crippen molar-refractivity contribution in [2.45, 2.75) is 4.90 Å². The Kier molecular flexibility index (Phi) is 4.29. The van der Waals surface area contributed by atoms with Gasteiger partial charge in [0.25, 0.3) is 0 Å². The summed E-state index contributed by atoms with van der Waals surface area (Å²) in [4.78, 5) is 6.37. The normalized spacial score (nSPS) is 23.8. The molecular weight excluding hydrogens is 409 g/mol. The summed E-state index contributed by atoms with van der Waals surface area (Å²) in [6.45, 7) is 2.38. The number of halogens is 2. The third kappa shape index (κ3) is 3.07. The van der Waals surface area contributed by atoms with E-state index in [1.807, 2.05) is 12.1 Å². The number of sulfonamides is 1. The highest BCUT2D eigenvalue weighted by molar-refractivity contribution is 9.10. The number of hydrogen-bond donors (Lipinski definition) is 0. The monoisotopic (exact) mass is 425 g/mol. The first-order valence-electron chi connectivity index (χ1n) is 8.06. The van der Waals surface area contributed by atoms with Gasteiger partial charge >= 0.3 is 0 Å². The van der Waals surface area contributed by atoms with Gasteiger partial charge in [-0.15, -0.1) is 0 Å². The number of hydrogen-bond acceptors (Lipinski definition) is 4. The van der Waals surface area contributed by atoms with E-state index >= 15 is 0 Å². The van der Waals surface area contributed by atoms with Gasteiger partial charge in [-0.25, -0.2) is 17.8 Å². The van der Waals surface area contributed by atoms with Crippen molar-refractivity contribution < 1.29 is 12.8 Å². The average molecular weight is 426 g/mol. The molecule has 0 spiro atoms. The molecular formula is C17H17BrFN3O2S. The summed E-state index contributed by atoms with van der Waals surface area (Å²) in [5.41, 5.74) is 0. The van der Waals surface area contributed by atoms with Crippen LogP contribution in [0.4, 0.5) is 10.2 Å². The van der Waals surface area contributed by atoms with Crippen LogP contribution >= 0.6 is 15.9 Å². The van der Waals surface area contributed by atoms with E-state index in [9.17, 15) is 12.8 Å². The molecule has 3 heterocycles. The number of pyridine rings is 1. The van der Waals surface area contributed by atoms with Gasteiger partial charge in [0, 0.05) is 36.8 Å². The molecule has 0 saturated carbocycles. The van der Waals surface area contributed by atoms with E-state index in [2.05, 4.69) is 25.8 Å². The molecule has 2 aliphatic heterocycles. The third-order valence-electron chi connectivity index (χ3n) is 4.94. The predicted octanol–water partition coefficient (Wildman–Crippen LogP) is 2.74. The van der Waals surface area contributed by atoms with Crippen molar-refractivity contribution in [2.75, 3.05) is 31.1 Å². The summed E-state index contributed by atoms with van der Waals surface area (Å²) in [7, 11) is -3.78. The Balaban J connectivity index is 1.49. The van der Waals surface area contributed by atoms with E-state index in [1.54, 1.807) is 12.3 Å². The summed E-state index contributed by atoms with van der Waals surface area (Å²) < 4.78 is 41.7. The summed E-state index contributed by atoms with van der Waals surface area (Å²) in [6.07, 6.45) is 1.76. The number of nitrogens with zero attached hydrogens (tertiary/aromatic N) is 3. The van der Waals surface area contributed by atoms with E-state index < -0.39 is 15.8 Å². The highest BCUT2D eigenvalue weighted by Crippen LogP contribution is 2.36. The van der Waals surface area contributed by atoms with Gasteiger partial charge in [-0.1, -0.05) is 12.1 Å². The molecule has 2 fully saturated rings. The van der Waals surface area contributed by atoms with Crippen LogP contribution in [-0.4, -0.2) is 43.9 Å². The minimum absolute atomic E-state index is 0.235. The minimum atomic E-state index is -3.78. The maximum absolute atomic E-state index is 13.9. The molecule has 0 aliphatic carbocycles. The number of fused-ring (bicyclic) bond motifs is 1. The topological polar surface area (TPSA) is 53.5 Å². The van der Waals surface area contributed by atoms with Crippen LogP contribution in [0.15, 0.2) is 52.0 Å². The van der Waals surface area contributed by atoms with Gasteiger partial charge < -0.3 is 4.90 Å². The third-order valence-corrected chi connectivity index (χ3v) is 7.28. The fraction of sp³-hybridized carbons (Fsp3) is 0.353. The summed E-state index contributed by atoms with van der Waals surface area (Å²) >= 11 is 3.38. The number of benzene rings is 1. The molecule has 8 heteroatoms. The van der Waals surface area contributed by atoms with E-state index in [4.69, 9.17) is 0 Å². The van der Waals surface area contributed by atoms with Gasteiger partial charge in [0.2, 0.25) is 10.0 Å². The minimum Gasteiger partial charge on any atom is -0.356 e. The van der Waals surface area contributed by atoms with Crippen LogP contribution in [-0.2, 0) is 10.0 Å². The van der Waals surface area contributed by atoms with Crippen molar-refractivity contribution >= 4 is 31.8 Å². The van der Waals surface area contributed by atoms with Crippen LogP contribution in [0.2, 0.25) is 0 Å².